The van der Waals surface area contributed by atoms with Crippen LogP contribution in [0.1, 0.15) is 10.4 Å². The molecule has 170 valence electrons. The first kappa shape index (κ1) is 23.2. The number of nitrogens with one attached hydrogen (secondary N) is 2. The number of para-hydroxylation sites is 1. The van der Waals surface area contributed by atoms with Crippen LogP contribution in [0.3, 0.4) is 0 Å². The normalized spacial score (nSPS) is 10.8. The lowest BCUT2D eigenvalue weighted by molar-refractivity contribution is -0.385. The molecule has 0 aliphatic carbocycles. The number of amides is 2. The fourth-order valence-corrected chi connectivity index (χ4v) is 3.84. The molecule has 0 unspecified atom stereocenters. The number of benzene rings is 3. The SMILES string of the molecule is NC(=O)COc1ccc(NC(=O)c2ccccc2NS(=O)(=O)c2cccc([N+](=O)[O-])c2)cc1. The summed E-state index contributed by atoms with van der Waals surface area (Å²) < 4.78 is 32.9. The number of rotatable bonds is 9. The van der Waals surface area contributed by atoms with Crippen molar-refractivity contribution in [1.29, 1.82) is 0 Å². The van der Waals surface area contributed by atoms with Crippen molar-refractivity contribution >= 4 is 38.9 Å². The van der Waals surface area contributed by atoms with Crippen LogP contribution in [0.5, 0.6) is 5.75 Å². The van der Waals surface area contributed by atoms with E-state index in [1.807, 2.05) is 0 Å². The molecule has 0 atom stereocenters. The number of nitro groups is 1. The van der Waals surface area contributed by atoms with Crippen molar-refractivity contribution in [2.45, 2.75) is 4.90 Å². The molecule has 3 aromatic carbocycles. The Labute approximate surface area is 188 Å². The molecule has 0 bridgehead atoms. The van der Waals surface area contributed by atoms with Crippen LogP contribution in [0.4, 0.5) is 17.1 Å². The van der Waals surface area contributed by atoms with Gasteiger partial charge < -0.3 is 15.8 Å². The lowest BCUT2D eigenvalue weighted by Crippen LogP contribution is -2.20. The van der Waals surface area contributed by atoms with E-state index in [9.17, 15) is 28.1 Å². The molecule has 12 heteroatoms. The van der Waals surface area contributed by atoms with Crippen molar-refractivity contribution in [2.75, 3.05) is 16.6 Å². The second-order valence-corrected chi connectivity index (χ2v) is 8.32. The number of carbonyl (C=O) groups is 2. The number of hydrogen-bond acceptors (Lipinski definition) is 7. The van der Waals surface area contributed by atoms with E-state index >= 15 is 0 Å². The summed E-state index contributed by atoms with van der Waals surface area (Å²) in [4.78, 5) is 33.5. The molecular formula is C21H18N4O7S. The lowest BCUT2D eigenvalue weighted by Gasteiger charge is -2.13. The van der Waals surface area contributed by atoms with Crippen LogP contribution in [-0.4, -0.2) is 31.8 Å². The predicted octanol–water partition coefficient (Wildman–Crippen LogP) is 2.51. The third kappa shape index (κ3) is 6.04. The molecule has 0 aromatic heterocycles. The van der Waals surface area contributed by atoms with Crippen LogP contribution in [0.15, 0.2) is 77.7 Å². The molecule has 0 spiro atoms. The first-order valence-electron chi connectivity index (χ1n) is 9.34. The minimum atomic E-state index is -4.21. The molecule has 3 aromatic rings. The molecule has 2 amide bonds. The van der Waals surface area contributed by atoms with Gasteiger partial charge in [0.2, 0.25) is 0 Å². The van der Waals surface area contributed by atoms with Crippen molar-refractivity contribution in [3.8, 4) is 5.75 Å². The van der Waals surface area contributed by atoms with Gasteiger partial charge in [0.1, 0.15) is 5.75 Å². The van der Waals surface area contributed by atoms with E-state index < -0.39 is 26.8 Å². The summed E-state index contributed by atoms with van der Waals surface area (Å²) in [5, 5.41) is 13.6. The Bertz CT molecular complexity index is 1310. The highest BCUT2D eigenvalue weighted by molar-refractivity contribution is 7.92. The Morgan fingerprint density at radius 3 is 2.36 bits per heavy atom. The Morgan fingerprint density at radius 2 is 1.70 bits per heavy atom. The number of sulfonamides is 1. The van der Waals surface area contributed by atoms with Gasteiger partial charge in [-0.2, -0.15) is 0 Å². The van der Waals surface area contributed by atoms with Crippen molar-refractivity contribution in [3.63, 3.8) is 0 Å². The fourth-order valence-electron chi connectivity index (χ4n) is 2.73. The molecule has 0 aliphatic rings. The highest BCUT2D eigenvalue weighted by Gasteiger charge is 2.21. The number of primary amides is 1. The summed E-state index contributed by atoms with van der Waals surface area (Å²) in [6, 6.07) is 16.6. The Kier molecular flexibility index (Phi) is 6.88. The second-order valence-electron chi connectivity index (χ2n) is 6.64. The van der Waals surface area contributed by atoms with Crippen molar-refractivity contribution in [2.24, 2.45) is 5.73 Å². The molecule has 0 heterocycles. The van der Waals surface area contributed by atoms with Gasteiger partial charge in [0, 0.05) is 17.8 Å². The largest absolute Gasteiger partial charge is 0.484 e. The number of non-ortho nitro benzene ring substituents is 1. The summed E-state index contributed by atoms with van der Waals surface area (Å²) >= 11 is 0. The second kappa shape index (κ2) is 9.78. The zero-order chi connectivity index (χ0) is 24.0. The Morgan fingerprint density at radius 1 is 1.00 bits per heavy atom. The first-order valence-corrected chi connectivity index (χ1v) is 10.8. The summed E-state index contributed by atoms with van der Waals surface area (Å²) in [6.45, 7) is -0.288. The molecular weight excluding hydrogens is 452 g/mol. The lowest BCUT2D eigenvalue weighted by atomic mass is 10.1. The van der Waals surface area contributed by atoms with Crippen molar-refractivity contribution < 1.29 is 27.7 Å². The van der Waals surface area contributed by atoms with E-state index in [2.05, 4.69) is 10.0 Å². The van der Waals surface area contributed by atoms with Gasteiger partial charge in [-0.05, 0) is 42.5 Å². The first-order chi connectivity index (χ1) is 15.7. The summed E-state index contributed by atoms with van der Waals surface area (Å²) in [5.74, 6) is -0.855. The number of anilines is 2. The van der Waals surface area contributed by atoms with Gasteiger partial charge in [0.05, 0.1) is 21.1 Å². The topological polar surface area (TPSA) is 171 Å². The standard InChI is InChI=1S/C21H18N4O7S/c22-20(26)13-32-16-10-8-14(9-11-16)23-21(27)18-6-1-2-7-19(18)24-33(30,31)17-5-3-4-15(12-17)25(28)29/h1-12,24H,13H2,(H2,22,26)(H,23,27). The number of nitrogens with two attached hydrogens (primary N) is 1. The molecule has 4 N–H and O–H groups in total. The zero-order valence-electron chi connectivity index (χ0n) is 16.9. The van der Waals surface area contributed by atoms with Gasteiger partial charge in [-0.1, -0.05) is 18.2 Å². The van der Waals surface area contributed by atoms with E-state index in [0.29, 0.717) is 11.4 Å². The third-order valence-electron chi connectivity index (χ3n) is 4.25. The minimum Gasteiger partial charge on any atom is -0.484 e. The van der Waals surface area contributed by atoms with E-state index in [1.165, 1.54) is 60.7 Å². The minimum absolute atomic E-state index is 0.0112. The van der Waals surface area contributed by atoms with Gasteiger partial charge in [-0.25, -0.2) is 8.42 Å². The van der Waals surface area contributed by atoms with Gasteiger partial charge >= 0.3 is 0 Å². The molecule has 0 fully saturated rings. The van der Waals surface area contributed by atoms with E-state index in [4.69, 9.17) is 10.5 Å². The molecule has 11 nitrogen and oxygen atoms in total. The maximum Gasteiger partial charge on any atom is 0.270 e. The number of carbonyl (C=O) groups excluding carboxylic acids is 2. The van der Waals surface area contributed by atoms with Gasteiger partial charge in [-0.15, -0.1) is 0 Å². The van der Waals surface area contributed by atoms with E-state index in [1.54, 1.807) is 6.07 Å². The highest BCUT2D eigenvalue weighted by Crippen LogP contribution is 2.24. The molecule has 33 heavy (non-hydrogen) atoms. The predicted molar refractivity (Wildman–Crippen MR) is 119 cm³/mol. The van der Waals surface area contributed by atoms with Crippen LogP contribution in [0.25, 0.3) is 0 Å². The van der Waals surface area contributed by atoms with Crippen molar-refractivity contribution in [1.82, 2.24) is 0 Å². The monoisotopic (exact) mass is 470 g/mol. The fraction of sp³-hybridized carbons (Fsp3) is 0.0476. The van der Waals surface area contributed by atoms with Crippen LogP contribution in [0, 0.1) is 10.1 Å². The van der Waals surface area contributed by atoms with Crippen LogP contribution in [-0.2, 0) is 14.8 Å². The molecule has 0 saturated heterocycles. The number of ether oxygens (including phenoxy) is 1. The summed E-state index contributed by atoms with van der Waals surface area (Å²) in [6.07, 6.45) is 0. The molecule has 3 rings (SSSR count). The Hall–Kier alpha value is -4.45. The maximum atomic E-state index is 12.8. The highest BCUT2D eigenvalue weighted by atomic mass is 32.2. The number of nitrogens with zero attached hydrogens (tertiary/aromatic N) is 1. The zero-order valence-corrected chi connectivity index (χ0v) is 17.7. The van der Waals surface area contributed by atoms with E-state index in [0.717, 1.165) is 6.07 Å². The van der Waals surface area contributed by atoms with Crippen LogP contribution in [0.2, 0.25) is 0 Å². The Balaban J connectivity index is 1.78. The maximum absolute atomic E-state index is 12.8. The summed E-state index contributed by atoms with van der Waals surface area (Å²) in [7, 11) is -4.21. The number of hydrogen-bond donors (Lipinski definition) is 3. The van der Waals surface area contributed by atoms with Crippen molar-refractivity contribution in [3.05, 3.63) is 88.5 Å². The van der Waals surface area contributed by atoms with Gasteiger partial charge in [0.25, 0.3) is 27.5 Å². The van der Waals surface area contributed by atoms with Gasteiger partial charge in [0.15, 0.2) is 6.61 Å². The smallest absolute Gasteiger partial charge is 0.270 e. The van der Waals surface area contributed by atoms with Crippen LogP contribution >= 0.6 is 0 Å². The molecule has 0 radical (unpaired) electrons. The average Bonchev–Trinajstić information content (AvgIpc) is 2.78. The number of nitro benzene ring substituents is 1. The van der Waals surface area contributed by atoms with E-state index in [-0.39, 0.29) is 28.4 Å². The van der Waals surface area contributed by atoms with Crippen LogP contribution < -0.4 is 20.5 Å². The quantitative estimate of drug-likeness (QED) is 0.318. The molecule has 0 saturated carbocycles. The third-order valence-corrected chi connectivity index (χ3v) is 5.61. The summed E-state index contributed by atoms with van der Waals surface area (Å²) in [5.41, 5.74) is 5.04. The molecule has 0 aliphatic heterocycles. The van der Waals surface area contributed by atoms with Gasteiger partial charge in [-0.3, -0.25) is 24.4 Å². The average molecular weight is 470 g/mol.